The molecule has 0 saturated carbocycles. The second kappa shape index (κ2) is 8.15. The van der Waals surface area contributed by atoms with E-state index in [0.717, 1.165) is 43.0 Å². The molecule has 146 valence electrons. The Hall–Kier alpha value is -2.65. The highest BCUT2D eigenvalue weighted by molar-refractivity contribution is 7.13. The van der Waals surface area contributed by atoms with Crippen LogP contribution in [0.15, 0.2) is 36.1 Å². The molecule has 4 rings (SSSR count). The molecule has 1 fully saturated rings. The van der Waals surface area contributed by atoms with Gasteiger partial charge in [-0.25, -0.2) is 9.67 Å². The normalized spacial score (nSPS) is 15.6. The molecule has 1 aliphatic heterocycles. The molecule has 28 heavy (non-hydrogen) atoms. The molecule has 9 heteroatoms. The predicted octanol–water partition coefficient (Wildman–Crippen LogP) is 2.34. The fourth-order valence-corrected chi connectivity index (χ4v) is 4.22. The first-order valence-corrected chi connectivity index (χ1v) is 10.3. The SMILES string of the molecule is CCN1CCC(N(C)C(=O)c2csc(-c3cnn(-c4cccnn4)c3)n2)CC1. The lowest BCUT2D eigenvalue weighted by molar-refractivity contribution is 0.0642. The van der Waals surface area contributed by atoms with Crippen LogP contribution in [-0.2, 0) is 0 Å². The third-order valence-electron chi connectivity index (χ3n) is 5.22. The summed E-state index contributed by atoms with van der Waals surface area (Å²) in [5, 5.41) is 14.8. The van der Waals surface area contributed by atoms with E-state index in [4.69, 9.17) is 0 Å². The van der Waals surface area contributed by atoms with Gasteiger partial charge in [0.2, 0.25) is 0 Å². The van der Waals surface area contributed by atoms with Crippen molar-refractivity contribution in [3.05, 3.63) is 41.8 Å². The van der Waals surface area contributed by atoms with Crippen molar-refractivity contribution in [1.82, 2.24) is 34.8 Å². The first-order chi connectivity index (χ1) is 13.7. The van der Waals surface area contributed by atoms with Crippen LogP contribution in [-0.4, -0.2) is 73.4 Å². The monoisotopic (exact) mass is 397 g/mol. The van der Waals surface area contributed by atoms with Crippen molar-refractivity contribution in [2.24, 2.45) is 0 Å². The lowest BCUT2D eigenvalue weighted by atomic mass is 10.0. The summed E-state index contributed by atoms with van der Waals surface area (Å²) in [5.74, 6) is 0.624. The number of rotatable bonds is 5. The van der Waals surface area contributed by atoms with E-state index in [0.29, 0.717) is 11.5 Å². The average molecular weight is 398 g/mol. The van der Waals surface area contributed by atoms with E-state index >= 15 is 0 Å². The number of nitrogens with zero attached hydrogens (tertiary/aromatic N) is 7. The van der Waals surface area contributed by atoms with Crippen molar-refractivity contribution in [2.75, 3.05) is 26.7 Å². The number of likely N-dealkylation sites (tertiary alicyclic amines) is 1. The van der Waals surface area contributed by atoms with E-state index in [1.165, 1.54) is 11.3 Å². The maximum atomic E-state index is 12.9. The molecule has 3 aromatic heterocycles. The van der Waals surface area contributed by atoms with E-state index in [1.807, 2.05) is 35.7 Å². The van der Waals surface area contributed by atoms with Crippen LogP contribution in [0, 0.1) is 0 Å². The Morgan fingerprint density at radius 3 is 2.89 bits per heavy atom. The Bertz CT molecular complexity index is 931. The highest BCUT2D eigenvalue weighted by Gasteiger charge is 2.26. The van der Waals surface area contributed by atoms with Gasteiger partial charge in [-0.15, -0.1) is 16.4 Å². The standard InChI is InChI=1S/C19H23N7OS/c1-3-25-9-6-15(7-10-25)24(2)19(27)16-13-28-18(22-16)14-11-21-26(12-14)17-5-4-8-20-23-17/h4-5,8,11-13,15H,3,6-7,9-10H2,1-2H3. The van der Waals surface area contributed by atoms with Gasteiger partial charge in [0, 0.05) is 49.5 Å². The van der Waals surface area contributed by atoms with Gasteiger partial charge >= 0.3 is 0 Å². The smallest absolute Gasteiger partial charge is 0.273 e. The third-order valence-corrected chi connectivity index (χ3v) is 6.11. The second-order valence-electron chi connectivity index (χ2n) is 6.87. The first kappa shape index (κ1) is 18.7. The molecule has 0 aliphatic carbocycles. The number of hydrogen-bond acceptors (Lipinski definition) is 7. The van der Waals surface area contributed by atoms with E-state index in [2.05, 4.69) is 32.1 Å². The second-order valence-corrected chi connectivity index (χ2v) is 7.73. The predicted molar refractivity (Wildman–Crippen MR) is 107 cm³/mol. The van der Waals surface area contributed by atoms with Crippen LogP contribution in [0.3, 0.4) is 0 Å². The maximum absolute atomic E-state index is 12.9. The summed E-state index contributed by atoms with van der Waals surface area (Å²) in [5.41, 5.74) is 1.35. The van der Waals surface area contributed by atoms with Crippen molar-refractivity contribution in [1.29, 1.82) is 0 Å². The third kappa shape index (κ3) is 3.81. The van der Waals surface area contributed by atoms with Gasteiger partial charge in [-0.3, -0.25) is 4.79 Å². The number of hydrogen-bond donors (Lipinski definition) is 0. The zero-order valence-electron chi connectivity index (χ0n) is 16.0. The number of thiazole rings is 1. The Balaban J connectivity index is 1.45. The van der Waals surface area contributed by atoms with E-state index in [9.17, 15) is 4.79 Å². The quantitative estimate of drug-likeness (QED) is 0.657. The van der Waals surface area contributed by atoms with Crippen LogP contribution in [0.2, 0.25) is 0 Å². The number of aromatic nitrogens is 5. The first-order valence-electron chi connectivity index (χ1n) is 9.44. The summed E-state index contributed by atoms with van der Waals surface area (Å²) in [6, 6.07) is 3.92. The molecule has 4 heterocycles. The largest absolute Gasteiger partial charge is 0.337 e. The fourth-order valence-electron chi connectivity index (χ4n) is 3.45. The molecule has 1 saturated heterocycles. The molecule has 0 spiro atoms. The van der Waals surface area contributed by atoms with Gasteiger partial charge in [0.05, 0.1) is 6.20 Å². The van der Waals surface area contributed by atoms with Crippen LogP contribution < -0.4 is 0 Å². The zero-order chi connectivity index (χ0) is 19.5. The molecule has 0 unspecified atom stereocenters. The minimum atomic E-state index is -0.0150. The van der Waals surface area contributed by atoms with Gasteiger partial charge in [-0.05, 0) is 31.5 Å². The molecular weight excluding hydrogens is 374 g/mol. The Labute approximate surface area is 167 Å². The lowest BCUT2D eigenvalue weighted by Gasteiger charge is -2.36. The molecule has 1 amide bonds. The molecule has 0 bridgehead atoms. The van der Waals surface area contributed by atoms with Crippen LogP contribution in [0.1, 0.15) is 30.3 Å². The van der Waals surface area contributed by atoms with Crippen LogP contribution >= 0.6 is 11.3 Å². The van der Waals surface area contributed by atoms with Crippen LogP contribution in [0.25, 0.3) is 16.4 Å². The molecule has 8 nitrogen and oxygen atoms in total. The molecule has 1 aliphatic rings. The molecule has 0 aromatic carbocycles. The zero-order valence-corrected chi connectivity index (χ0v) is 16.8. The Kier molecular flexibility index (Phi) is 5.45. The van der Waals surface area contributed by atoms with Gasteiger partial charge in [-0.1, -0.05) is 6.92 Å². The highest BCUT2D eigenvalue weighted by atomic mass is 32.1. The van der Waals surface area contributed by atoms with Gasteiger partial charge in [0.1, 0.15) is 10.7 Å². The van der Waals surface area contributed by atoms with Gasteiger partial charge in [-0.2, -0.15) is 10.2 Å². The molecule has 0 radical (unpaired) electrons. The topological polar surface area (TPSA) is 80.0 Å². The average Bonchev–Trinajstić information content (AvgIpc) is 3.43. The summed E-state index contributed by atoms with van der Waals surface area (Å²) in [6.45, 7) is 5.34. The summed E-state index contributed by atoms with van der Waals surface area (Å²) >= 11 is 1.45. The number of carbonyl (C=O) groups is 1. The number of piperidine rings is 1. The van der Waals surface area contributed by atoms with Crippen LogP contribution in [0.4, 0.5) is 0 Å². The van der Waals surface area contributed by atoms with Crippen molar-refractivity contribution in [3.8, 4) is 16.4 Å². The lowest BCUT2D eigenvalue weighted by Crippen LogP contribution is -2.45. The van der Waals surface area contributed by atoms with Crippen molar-refractivity contribution in [3.63, 3.8) is 0 Å². The van der Waals surface area contributed by atoms with Crippen molar-refractivity contribution in [2.45, 2.75) is 25.8 Å². The van der Waals surface area contributed by atoms with E-state index in [-0.39, 0.29) is 11.9 Å². The Morgan fingerprint density at radius 2 is 2.18 bits per heavy atom. The Morgan fingerprint density at radius 1 is 1.36 bits per heavy atom. The summed E-state index contributed by atoms with van der Waals surface area (Å²) in [6.07, 6.45) is 7.22. The van der Waals surface area contributed by atoms with Gasteiger partial charge in [0.15, 0.2) is 5.82 Å². The van der Waals surface area contributed by atoms with Gasteiger partial charge < -0.3 is 9.80 Å². The van der Waals surface area contributed by atoms with E-state index in [1.54, 1.807) is 17.1 Å². The van der Waals surface area contributed by atoms with Crippen LogP contribution in [0.5, 0.6) is 0 Å². The molecular formula is C19H23N7OS. The summed E-state index contributed by atoms with van der Waals surface area (Å²) in [4.78, 5) is 21.7. The van der Waals surface area contributed by atoms with Crippen molar-refractivity contribution >= 4 is 17.2 Å². The molecule has 0 atom stereocenters. The minimum absolute atomic E-state index is 0.0150. The van der Waals surface area contributed by atoms with Crippen molar-refractivity contribution < 1.29 is 4.79 Å². The number of carbonyl (C=O) groups excluding carboxylic acids is 1. The van der Waals surface area contributed by atoms with Gasteiger partial charge in [0.25, 0.3) is 5.91 Å². The number of amides is 1. The summed E-state index contributed by atoms with van der Waals surface area (Å²) < 4.78 is 1.65. The molecule has 0 N–H and O–H groups in total. The van der Waals surface area contributed by atoms with E-state index < -0.39 is 0 Å². The summed E-state index contributed by atoms with van der Waals surface area (Å²) in [7, 11) is 1.89. The minimum Gasteiger partial charge on any atom is -0.337 e. The molecule has 3 aromatic rings. The fraction of sp³-hybridized carbons (Fsp3) is 0.421. The maximum Gasteiger partial charge on any atom is 0.273 e. The highest BCUT2D eigenvalue weighted by Crippen LogP contribution is 2.25.